The molecule has 0 radical (unpaired) electrons. The summed E-state index contributed by atoms with van der Waals surface area (Å²) in [6, 6.07) is 14.6. The van der Waals surface area contributed by atoms with Crippen LogP contribution in [0.2, 0.25) is 10.0 Å². The molecule has 0 spiro atoms. The third-order valence-corrected chi connectivity index (χ3v) is 4.75. The zero-order valence-electron chi connectivity index (χ0n) is 14.7. The van der Waals surface area contributed by atoms with Crippen LogP contribution in [-0.4, -0.2) is 15.9 Å². The maximum atomic E-state index is 12.4. The number of pyridine rings is 1. The lowest BCUT2D eigenvalue weighted by Crippen LogP contribution is -2.13. The molecule has 1 N–H and O–H groups in total. The van der Waals surface area contributed by atoms with Gasteiger partial charge in [-0.1, -0.05) is 41.4 Å². The monoisotopic (exact) mass is 411 g/mol. The number of hydrogen-bond donors (Lipinski definition) is 1. The number of aromatic nitrogens is 2. The van der Waals surface area contributed by atoms with Crippen LogP contribution in [0.4, 0.5) is 5.69 Å². The van der Waals surface area contributed by atoms with E-state index < -0.39 is 0 Å². The molecule has 1 amide bonds. The zero-order valence-corrected chi connectivity index (χ0v) is 16.2. The van der Waals surface area contributed by atoms with Crippen LogP contribution in [0.3, 0.4) is 0 Å². The van der Waals surface area contributed by atoms with Crippen molar-refractivity contribution in [1.29, 1.82) is 0 Å². The average molecular weight is 412 g/mol. The quantitative estimate of drug-likeness (QED) is 0.452. The second-order valence-electron chi connectivity index (χ2n) is 6.17. The smallest absolute Gasteiger partial charge is 0.224 e. The number of amides is 1. The Bertz CT molecular complexity index is 1160. The van der Waals surface area contributed by atoms with Gasteiger partial charge in [-0.3, -0.25) is 9.78 Å². The summed E-state index contributed by atoms with van der Waals surface area (Å²) in [7, 11) is 0. The fourth-order valence-corrected chi connectivity index (χ4v) is 3.35. The summed E-state index contributed by atoms with van der Waals surface area (Å²) in [4.78, 5) is 21.0. The number of fused-ring (bicyclic) bond motifs is 1. The summed E-state index contributed by atoms with van der Waals surface area (Å²) in [5.41, 5.74) is 2.04. The molecule has 28 heavy (non-hydrogen) atoms. The first-order valence-electron chi connectivity index (χ1n) is 8.64. The SMILES string of the molecule is O=C(CCc1ncc(-c2ccccc2Cl)o1)Nc1cc(Cl)cc2cccnc12. The molecule has 0 atom stereocenters. The Morgan fingerprint density at radius 2 is 1.93 bits per heavy atom. The van der Waals surface area contributed by atoms with E-state index in [-0.39, 0.29) is 12.3 Å². The maximum absolute atomic E-state index is 12.4. The van der Waals surface area contributed by atoms with Gasteiger partial charge in [0.05, 0.1) is 22.4 Å². The van der Waals surface area contributed by atoms with Gasteiger partial charge in [0.2, 0.25) is 5.91 Å². The van der Waals surface area contributed by atoms with E-state index in [4.69, 9.17) is 27.6 Å². The molecule has 0 unspecified atom stereocenters. The Kier molecular flexibility index (Phi) is 5.28. The van der Waals surface area contributed by atoms with Crippen LogP contribution in [0.25, 0.3) is 22.2 Å². The predicted octanol–water partition coefficient (Wildman–Crippen LogP) is 5.77. The maximum Gasteiger partial charge on any atom is 0.224 e. The van der Waals surface area contributed by atoms with E-state index in [1.165, 1.54) is 0 Å². The number of nitrogens with one attached hydrogen (secondary N) is 1. The summed E-state index contributed by atoms with van der Waals surface area (Å²) in [5, 5.41) is 4.85. The number of carbonyl (C=O) groups is 1. The van der Waals surface area contributed by atoms with Crippen molar-refractivity contribution in [2.75, 3.05) is 5.32 Å². The predicted molar refractivity (Wildman–Crippen MR) is 111 cm³/mol. The number of hydrogen-bond acceptors (Lipinski definition) is 4. The van der Waals surface area contributed by atoms with Crippen LogP contribution < -0.4 is 5.32 Å². The Balaban J connectivity index is 1.44. The zero-order chi connectivity index (χ0) is 19.5. The van der Waals surface area contributed by atoms with E-state index >= 15 is 0 Å². The van der Waals surface area contributed by atoms with Crippen LogP contribution in [0, 0.1) is 0 Å². The fourth-order valence-electron chi connectivity index (χ4n) is 2.90. The third kappa shape index (κ3) is 4.01. The van der Waals surface area contributed by atoms with Crippen LogP contribution in [0.5, 0.6) is 0 Å². The minimum atomic E-state index is -0.174. The topological polar surface area (TPSA) is 68.0 Å². The molecule has 0 saturated heterocycles. The Labute approximate surface area is 171 Å². The van der Waals surface area contributed by atoms with Gasteiger partial charge in [0.1, 0.15) is 0 Å². The molecular formula is C21H15Cl2N3O2. The molecule has 4 rings (SSSR count). The van der Waals surface area contributed by atoms with Crippen molar-refractivity contribution in [1.82, 2.24) is 9.97 Å². The molecule has 0 fully saturated rings. The van der Waals surface area contributed by atoms with E-state index in [0.717, 1.165) is 10.9 Å². The van der Waals surface area contributed by atoms with Gasteiger partial charge in [-0.25, -0.2) is 4.98 Å². The summed E-state index contributed by atoms with van der Waals surface area (Å²) in [6.45, 7) is 0. The molecule has 0 aliphatic heterocycles. The first kappa shape index (κ1) is 18.5. The molecule has 5 nitrogen and oxygen atoms in total. The van der Waals surface area contributed by atoms with E-state index in [2.05, 4.69) is 15.3 Å². The number of halogens is 2. The van der Waals surface area contributed by atoms with Crippen molar-refractivity contribution >= 4 is 45.7 Å². The van der Waals surface area contributed by atoms with Crippen molar-refractivity contribution in [3.8, 4) is 11.3 Å². The highest BCUT2D eigenvalue weighted by Gasteiger charge is 2.12. The van der Waals surface area contributed by atoms with Crippen molar-refractivity contribution in [3.63, 3.8) is 0 Å². The van der Waals surface area contributed by atoms with Crippen molar-refractivity contribution < 1.29 is 9.21 Å². The van der Waals surface area contributed by atoms with Crippen molar-refractivity contribution in [3.05, 3.63) is 76.9 Å². The van der Waals surface area contributed by atoms with E-state index in [0.29, 0.717) is 39.3 Å². The number of nitrogens with zero attached hydrogens (tertiary/aromatic N) is 2. The second kappa shape index (κ2) is 8.00. The number of rotatable bonds is 5. The first-order valence-corrected chi connectivity index (χ1v) is 9.39. The van der Waals surface area contributed by atoms with Crippen molar-refractivity contribution in [2.45, 2.75) is 12.8 Å². The molecule has 0 aliphatic carbocycles. The summed E-state index contributed by atoms with van der Waals surface area (Å²) in [5.74, 6) is 0.872. The molecule has 140 valence electrons. The van der Waals surface area contributed by atoms with Crippen LogP contribution in [0.1, 0.15) is 12.3 Å². The lowest BCUT2D eigenvalue weighted by atomic mass is 10.2. The summed E-state index contributed by atoms with van der Waals surface area (Å²) < 4.78 is 5.73. The van der Waals surface area contributed by atoms with Gasteiger partial charge in [-0.15, -0.1) is 0 Å². The molecule has 7 heteroatoms. The normalized spacial score (nSPS) is 10.9. The number of anilines is 1. The highest BCUT2D eigenvalue weighted by atomic mass is 35.5. The van der Waals surface area contributed by atoms with Crippen LogP contribution in [-0.2, 0) is 11.2 Å². The van der Waals surface area contributed by atoms with Gasteiger partial charge in [0.25, 0.3) is 0 Å². The molecule has 0 bridgehead atoms. The second-order valence-corrected chi connectivity index (χ2v) is 7.02. The number of benzene rings is 2. The molecular weight excluding hydrogens is 397 g/mol. The lowest BCUT2D eigenvalue weighted by Gasteiger charge is -2.08. The van der Waals surface area contributed by atoms with Gasteiger partial charge in [-0.05, 0) is 30.3 Å². The molecule has 2 aromatic carbocycles. The van der Waals surface area contributed by atoms with Gasteiger partial charge < -0.3 is 9.73 Å². The molecule has 4 aromatic rings. The fraction of sp³-hybridized carbons (Fsp3) is 0.0952. The first-order chi connectivity index (χ1) is 13.6. The van der Waals surface area contributed by atoms with E-state index in [1.54, 1.807) is 24.5 Å². The molecule has 2 heterocycles. The number of oxazole rings is 1. The largest absolute Gasteiger partial charge is 0.441 e. The average Bonchev–Trinajstić information content (AvgIpc) is 3.15. The third-order valence-electron chi connectivity index (χ3n) is 4.20. The summed E-state index contributed by atoms with van der Waals surface area (Å²) >= 11 is 12.3. The Morgan fingerprint density at radius 3 is 2.79 bits per heavy atom. The molecule has 2 aromatic heterocycles. The van der Waals surface area contributed by atoms with Crippen LogP contribution >= 0.6 is 23.2 Å². The molecule has 0 saturated carbocycles. The van der Waals surface area contributed by atoms with Crippen molar-refractivity contribution in [2.24, 2.45) is 0 Å². The van der Waals surface area contributed by atoms with Gasteiger partial charge >= 0.3 is 0 Å². The lowest BCUT2D eigenvalue weighted by molar-refractivity contribution is -0.116. The van der Waals surface area contributed by atoms with Gasteiger partial charge in [-0.2, -0.15) is 0 Å². The Hall–Kier alpha value is -2.89. The standard InChI is InChI=1S/C21H15Cl2N3O2/c22-14-10-13-4-3-9-24-21(13)17(11-14)26-19(27)7-8-20-25-12-18(28-20)15-5-1-2-6-16(15)23/h1-6,9-12H,7-8H2,(H,26,27). The van der Waals surface area contributed by atoms with Crippen LogP contribution in [0.15, 0.2) is 65.3 Å². The highest BCUT2D eigenvalue weighted by molar-refractivity contribution is 6.33. The minimum Gasteiger partial charge on any atom is -0.441 e. The number of aryl methyl sites for hydroxylation is 1. The van der Waals surface area contributed by atoms with E-state index in [9.17, 15) is 4.79 Å². The highest BCUT2D eigenvalue weighted by Crippen LogP contribution is 2.29. The minimum absolute atomic E-state index is 0.174. The van der Waals surface area contributed by atoms with Gasteiger partial charge in [0.15, 0.2) is 11.7 Å². The Morgan fingerprint density at radius 1 is 1.07 bits per heavy atom. The number of carbonyl (C=O) groups excluding carboxylic acids is 1. The summed E-state index contributed by atoms with van der Waals surface area (Å²) in [6.07, 6.45) is 3.86. The van der Waals surface area contributed by atoms with Gasteiger partial charge in [0, 0.05) is 35.0 Å². The van der Waals surface area contributed by atoms with E-state index in [1.807, 2.05) is 36.4 Å². The molecule has 0 aliphatic rings.